The van der Waals surface area contributed by atoms with Crippen LogP contribution in [-0.2, 0) is 4.74 Å². The SMILES string of the molecule is CCC(CN(CC)c1ccccc1)OC(=O)c1ccccc1. The van der Waals surface area contributed by atoms with Gasteiger partial charge in [-0.15, -0.1) is 0 Å². The molecule has 3 heteroatoms. The number of ether oxygens (including phenoxy) is 1. The molecule has 0 fully saturated rings. The van der Waals surface area contributed by atoms with Gasteiger partial charge < -0.3 is 9.64 Å². The highest BCUT2D eigenvalue weighted by atomic mass is 16.5. The Morgan fingerprint density at radius 2 is 1.59 bits per heavy atom. The Balaban J connectivity index is 2.01. The minimum atomic E-state index is -0.253. The summed E-state index contributed by atoms with van der Waals surface area (Å²) in [5.41, 5.74) is 1.75. The molecule has 0 aromatic heterocycles. The van der Waals surface area contributed by atoms with E-state index in [2.05, 4.69) is 24.0 Å². The first-order chi connectivity index (χ1) is 10.7. The summed E-state index contributed by atoms with van der Waals surface area (Å²) >= 11 is 0. The van der Waals surface area contributed by atoms with Crippen molar-refractivity contribution >= 4 is 11.7 Å². The zero-order valence-corrected chi connectivity index (χ0v) is 13.2. The molecule has 2 rings (SSSR count). The van der Waals surface area contributed by atoms with Gasteiger partial charge in [0.2, 0.25) is 0 Å². The van der Waals surface area contributed by atoms with E-state index in [1.54, 1.807) is 12.1 Å². The molecule has 3 nitrogen and oxygen atoms in total. The number of anilines is 1. The summed E-state index contributed by atoms with van der Waals surface area (Å²) in [7, 11) is 0. The van der Waals surface area contributed by atoms with Crippen molar-refractivity contribution < 1.29 is 9.53 Å². The van der Waals surface area contributed by atoms with Gasteiger partial charge in [-0.1, -0.05) is 43.3 Å². The van der Waals surface area contributed by atoms with Gasteiger partial charge in [-0.3, -0.25) is 0 Å². The lowest BCUT2D eigenvalue weighted by atomic mass is 10.2. The fraction of sp³-hybridized carbons (Fsp3) is 0.316. The van der Waals surface area contributed by atoms with Gasteiger partial charge in [0.05, 0.1) is 12.1 Å². The topological polar surface area (TPSA) is 29.5 Å². The van der Waals surface area contributed by atoms with Crippen LogP contribution >= 0.6 is 0 Å². The van der Waals surface area contributed by atoms with Crippen LogP contribution in [0.25, 0.3) is 0 Å². The molecular formula is C19H23NO2. The van der Waals surface area contributed by atoms with E-state index in [1.165, 1.54) is 0 Å². The van der Waals surface area contributed by atoms with Gasteiger partial charge >= 0.3 is 5.97 Å². The van der Waals surface area contributed by atoms with Gasteiger partial charge in [0.15, 0.2) is 0 Å². The highest BCUT2D eigenvalue weighted by molar-refractivity contribution is 5.89. The molecule has 0 bridgehead atoms. The molecule has 0 radical (unpaired) electrons. The summed E-state index contributed by atoms with van der Waals surface area (Å²) in [5.74, 6) is -0.253. The first-order valence-corrected chi connectivity index (χ1v) is 7.80. The molecule has 0 aliphatic carbocycles. The van der Waals surface area contributed by atoms with Crippen molar-refractivity contribution in [3.8, 4) is 0 Å². The number of carbonyl (C=O) groups is 1. The largest absolute Gasteiger partial charge is 0.457 e. The molecular weight excluding hydrogens is 274 g/mol. The normalized spacial score (nSPS) is 11.7. The Morgan fingerprint density at radius 3 is 2.14 bits per heavy atom. The van der Waals surface area contributed by atoms with E-state index in [4.69, 9.17) is 4.74 Å². The molecule has 2 aromatic carbocycles. The Labute approximate surface area is 132 Å². The molecule has 1 atom stereocenters. The quantitative estimate of drug-likeness (QED) is 0.719. The summed E-state index contributed by atoms with van der Waals surface area (Å²) in [4.78, 5) is 14.4. The number of nitrogens with zero attached hydrogens (tertiary/aromatic N) is 1. The van der Waals surface area contributed by atoms with Crippen LogP contribution < -0.4 is 4.90 Å². The second kappa shape index (κ2) is 8.23. The second-order valence-electron chi connectivity index (χ2n) is 5.18. The van der Waals surface area contributed by atoms with Crippen LogP contribution in [0.1, 0.15) is 30.6 Å². The van der Waals surface area contributed by atoms with Crippen molar-refractivity contribution in [3.63, 3.8) is 0 Å². The van der Waals surface area contributed by atoms with Crippen molar-refractivity contribution in [2.45, 2.75) is 26.4 Å². The Kier molecular flexibility index (Phi) is 6.01. The third kappa shape index (κ3) is 4.35. The van der Waals surface area contributed by atoms with E-state index in [9.17, 15) is 4.79 Å². The van der Waals surface area contributed by atoms with Crippen LogP contribution in [0.4, 0.5) is 5.69 Å². The van der Waals surface area contributed by atoms with E-state index < -0.39 is 0 Å². The number of hydrogen-bond donors (Lipinski definition) is 0. The first-order valence-electron chi connectivity index (χ1n) is 7.80. The molecule has 2 aromatic rings. The average Bonchev–Trinajstić information content (AvgIpc) is 2.60. The predicted molar refractivity (Wildman–Crippen MR) is 90.3 cm³/mol. The lowest BCUT2D eigenvalue weighted by molar-refractivity contribution is 0.0309. The van der Waals surface area contributed by atoms with Crippen LogP contribution in [0.15, 0.2) is 60.7 Å². The summed E-state index contributed by atoms with van der Waals surface area (Å²) in [6.07, 6.45) is 0.676. The zero-order valence-electron chi connectivity index (χ0n) is 13.2. The Bertz CT molecular complexity index is 569. The molecule has 0 amide bonds. The van der Waals surface area contributed by atoms with Gasteiger partial charge in [-0.2, -0.15) is 0 Å². The number of hydrogen-bond acceptors (Lipinski definition) is 3. The van der Waals surface area contributed by atoms with Crippen LogP contribution in [0, 0.1) is 0 Å². The number of likely N-dealkylation sites (N-methyl/N-ethyl adjacent to an activating group) is 1. The first kappa shape index (κ1) is 16.1. The van der Waals surface area contributed by atoms with Crippen molar-refractivity contribution in [2.24, 2.45) is 0 Å². The van der Waals surface area contributed by atoms with Crippen LogP contribution in [0.2, 0.25) is 0 Å². The molecule has 0 saturated heterocycles. The van der Waals surface area contributed by atoms with Crippen molar-refractivity contribution in [1.82, 2.24) is 0 Å². The fourth-order valence-electron chi connectivity index (χ4n) is 2.35. The van der Waals surface area contributed by atoms with E-state index in [0.29, 0.717) is 12.1 Å². The number of para-hydroxylation sites is 1. The van der Waals surface area contributed by atoms with E-state index in [1.807, 2.05) is 43.3 Å². The maximum absolute atomic E-state index is 12.2. The van der Waals surface area contributed by atoms with Gasteiger partial charge in [0.1, 0.15) is 6.10 Å². The third-order valence-corrected chi connectivity index (χ3v) is 3.67. The molecule has 116 valence electrons. The van der Waals surface area contributed by atoms with E-state index in [-0.39, 0.29) is 12.1 Å². The monoisotopic (exact) mass is 297 g/mol. The standard InChI is InChI=1S/C19H23NO2/c1-3-18(22-19(21)16-11-7-5-8-12-16)15-20(4-2)17-13-9-6-10-14-17/h5-14,18H,3-4,15H2,1-2H3. The smallest absolute Gasteiger partial charge is 0.338 e. The van der Waals surface area contributed by atoms with Gasteiger partial charge in [0.25, 0.3) is 0 Å². The zero-order chi connectivity index (χ0) is 15.8. The summed E-state index contributed by atoms with van der Waals surface area (Å²) in [6, 6.07) is 19.4. The minimum absolute atomic E-state index is 0.118. The molecule has 0 N–H and O–H groups in total. The second-order valence-corrected chi connectivity index (χ2v) is 5.18. The van der Waals surface area contributed by atoms with Gasteiger partial charge in [0, 0.05) is 12.2 Å². The van der Waals surface area contributed by atoms with Crippen LogP contribution in [0.5, 0.6) is 0 Å². The Morgan fingerprint density at radius 1 is 1.00 bits per heavy atom. The average molecular weight is 297 g/mol. The Hall–Kier alpha value is -2.29. The molecule has 0 aliphatic rings. The summed E-state index contributed by atoms with van der Waals surface area (Å²) < 4.78 is 5.66. The molecule has 22 heavy (non-hydrogen) atoms. The highest BCUT2D eigenvalue weighted by Gasteiger charge is 2.17. The maximum atomic E-state index is 12.2. The maximum Gasteiger partial charge on any atom is 0.338 e. The van der Waals surface area contributed by atoms with E-state index in [0.717, 1.165) is 18.7 Å². The molecule has 0 saturated carbocycles. The van der Waals surface area contributed by atoms with Gasteiger partial charge in [-0.25, -0.2) is 4.79 Å². The lowest BCUT2D eigenvalue weighted by Crippen LogP contribution is -2.35. The number of carbonyl (C=O) groups excluding carboxylic acids is 1. The van der Waals surface area contributed by atoms with Gasteiger partial charge in [-0.05, 0) is 37.6 Å². The fourth-order valence-corrected chi connectivity index (χ4v) is 2.35. The molecule has 0 heterocycles. The summed E-state index contributed by atoms with van der Waals surface area (Å²) in [6.45, 7) is 5.74. The van der Waals surface area contributed by atoms with Crippen LogP contribution in [-0.4, -0.2) is 25.2 Å². The number of rotatable bonds is 7. The van der Waals surface area contributed by atoms with E-state index >= 15 is 0 Å². The van der Waals surface area contributed by atoms with Crippen molar-refractivity contribution in [3.05, 3.63) is 66.2 Å². The summed E-state index contributed by atoms with van der Waals surface area (Å²) in [5, 5.41) is 0. The molecule has 0 spiro atoms. The number of benzene rings is 2. The van der Waals surface area contributed by atoms with Crippen molar-refractivity contribution in [2.75, 3.05) is 18.0 Å². The van der Waals surface area contributed by atoms with Crippen LogP contribution in [0.3, 0.4) is 0 Å². The van der Waals surface area contributed by atoms with Crippen molar-refractivity contribution in [1.29, 1.82) is 0 Å². The molecule has 1 unspecified atom stereocenters. The predicted octanol–water partition coefficient (Wildman–Crippen LogP) is 4.15. The number of esters is 1. The highest BCUT2D eigenvalue weighted by Crippen LogP contribution is 2.15. The molecule has 0 aliphatic heterocycles. The lowest BCUT2D eigenvalue weighted by Gasteiger charge is -2.27. The third-order valence-electron chi connectivity index (χ3n) is 3.67. The minimum Gasteiger partial charge on any atom is -0.457 e.